The topological polar surface area (TPSA) is 120 Å². The van der Waals surface area contributed by atoms with Crippen molar-refractivity contribution < 1.29 is 28.5 Å². The SMILES string of the molecule is CC(=O)Nc1cc2c(cc1NC(C)=O)Oc1cc3c(c(Oc4ccccc4)c1=N2)Oc1ccc(Oc2ccccc2)cc1N=3. The Morgan fingerprint density at radius 2 is 1.25 bits per heavy atom. The molecule has 44 heavy (non-hydrogen) atoms. The van der Waals surface area contributed by atoms with Crippen molar-refractivity contribution in [3.05, 3.63) is 108 Å². The van der Waals surface area contributed by atoms with Crippen molar-refractivity contribution in [2.24, 2.45) is 9.98 Å². The van der Waals surface area contributed by atoms with Gasteiger partial charge in [-0.3, -0.25) is 9.59 Å². The average Bonchev–Trinajstić information content (AvgIpc) is 3.00. The highest BCUT2D eigenvalue weighted by Gasteiger charge is 2.27. The summed E-state index contributed by atoms with van der Waals surface area (Å²) < 4.78 is 25.1. The molecule has 5 aromatic rings. The second kappa shape index (κ2) is 10.9. The van der Waals surface area contributed by atoms with E-state index in [4.69, 9.17) is 28.9 Å². The maximum absolute atomic E-state index is 11.9. The lowest BCUT2D eigenvalue weighted by Gasteiger charge is -2.22. The molecule has 0 aliphatic carbocycles. The molecule has 0 saturated carbocycles. The highest BCUT2D eigenvalue weighted by atomic mass is 16.5. The van der Waals surface area contributed by atoms with Crippen LogP contribution in [0, 0.1) is 0 Å². The quantitative estimate of drug-likeness (QED) is 0.212. The number of rotatable bonds is 6. The lowest BCUT2D eigenvalue weighted by molar-refractivity contribution is -0.115. The molecule has 0 saturated heterocycles. The molecule has 0 unspecified atom stereocenters. The van der Waals surface area contributed by atoms with Gasteiger partial charge in [0.05, 0.1) is 11.4 Å². The van der Waals surface area contributed by atoms with E-state index < -0.39 is 0 Å². The van der Waals surface area contributed by atoms with Crippen LogP contribution in [0.15, 0.2) is 107 Å². The van der Waals surface area contributed by atoms with Crippen LogP contribution in [-0.4, -0.2) is 11.8 Å². The normalized spacial score (nSPS) is 11.9. The van der Waals surface area contributed by atoms with E-state index >= 15 is 0 Å². The lowest BCUT2D eigenvalue weighted by Crippen LogP contribution is -2.21. The molecule has 5 aromatic carbocycles. The van der Waals surface area contributed by atoms with Gasteiger partial charge < -0.3 is 29.6 Å². The molecule has 0 fully saturated rings. The summed E-state index contributed by atoms with van der Waals surface area (Å²) in [6.07, 6.45) is 0. The van der Waals surface area contributed by atoms with E-state index in [1.165, 1.54) is 13.8 Å². The van der Waals surface area contributed by atoms with Crippen LogP contribution in [0.3, 0.4) is 0 Å². The van der Waals surface area contributed by atoms with Crippen molar-refractivity contribution in [2.45, 2.75) is 13.8 Å². The number of nitrogens with one attached hydrogen (secondary N) is 2. The molecular weight excluding hydrogens is 560 g/mol. The van der Waals surface area contributed by atoms with Crippen molar-refractivity contribution >= 4 is 34.6 Å². The maximum Gasteiger partial charge on any atom is 0.221 e. The van der Waals surface area contributed by atoms with Crippen LogP contribution in [0.1, 0.15) is 13.8 Å². The zero-order valence-electron chi connectivity index (χ0n) is 23.6. The minimum Gasteiger partial charge on any atom is -0.457 e. The van der Waals surface area contributed by atoms with Gasteiger partial charge in [-0.05, 0) is 42.5 Å². The number of benzene rings is 5. The van der Waals surface area contributed by atoms with Crippen LogP contribution in [0.2, 0.25) is 0 Å². The van der Waals surface area contributed by atoms with Gasteiger partial charge in [-0.15, -0.1) is 0 Å². The predicted molar refractivity (Wildman–Crippen MR) is 163 cm³/mol. The van der Waals surface area contributed by atoms with Crippen molar-refractivity contribution in [1.29, 1.82) is 0 Å². The summed E-state index contributed by atoms with van der Waals surface area (Å²) in [7, 11) is 0. The summed E-state index contributed by atoms with van der Waals surface area (Å²) >= 11 is 0. The summed E-state index contributed by atoms with van der Waals surface area (Å²) in [6, 6.07) is 29.1. The second-order valence-electron chi connectivity index (χ2n) is 10.0. The highest BCUT2D eigenvalue weighted by molar-refractivity contribution is 5.99. The number of amides is 2. The first-order valence-electron chi connectivity index (χ1n) is 13.7. The Morgan fingerprint density at radius 1 is 0.614 bits per heavy atom. The van der Waals surface area contributed by atoms with E-state index in [2.05, 4.69) is 10.6 Å². The lowest BCUT2D eigenvalue weighted by atomic mass is 10.1. The highest BCUT2D eigenvalue weighted by Crippen LogP contribution is 2.45. The summed E-state index contributed by atoms with van der Waals surface area (Å²) in [6.45, 7) is 2.76. The number of nitrogens with zero attached hydrogens (tertiary/aromatic N) is 2. The summed E-state index contributed by atoms with van der Waals surface area (Å²) in [5, 5.41) is 6.31. The van der Waals surface area contributed by atoms with Gasteiger partial charge in [0.25, 0.3) is 0 Å². The summed E-state index contributed by atoms with van der Waals surface area (Å²) in [5.41, 5.74) is 1.73. The molecule has 0 spiro atoms. The van der Waals surface area contributed by atoms with Crippen LogP contribution in [-0.2, 0) is 9.59 Å². The van der Waals surface area contributed by atoms with E-state index in [0.717, 1.165) is 0 Å². The number of ether oxygens (including phenoxy) is 4. The maximum atomic E-state index is 11.9. The molecule has 2 amide bonds. The van der Waals surface area contributed by atoms with Crippen LogP contribution in [0.5, 0.6) is 46.0 Å². The fourth-order valence-electron chi connectivity index (χ4n) is 4.82. The van der Waals surface area contributed by atoms with Gasteiger partial charge in [0.1, 0.15) is 34.0 Å². The number of carbonyl (C=O) groups excluding carboxylic acids is 2. The van der Waals surface area contributed by atoms with E-state index in [9.17, 15) is 9.59 Å². The van der Waals surface area contributed by atoms with Gasteiger partial charge in [-0.25, -0.2) is 9.98 Å². The standard InChI is InChI=1S/C34H24N4O6/c1-19(39)35-24-16-27-30(17-25(24)36-20(2)40)43-31-18-28-33(34(32(31)38-27)42-22-11-7-4-8-12-22)44-29-14-13-23(15-26(29)37-28)41-21-9-5-3-6-10-21/h3-18H,1-2H3,(H,35,39)(H,36,40). The van der Waals surface area contributed by atoms with E-state index in [-0.39, 0.29) is 11.8 Å². The Labute approximate surface area is 251 Å². The van der Waals surface area contributed by atoms with E-state index in [0.29, 0.717) is 79.5 Å². The van der Waals surface area contributed by atoms with E-state index in [1.807, 2.05) is 66.7 Å². The molecule has 0 radical (unpaired) electrons. The fraction of sp³-hybridized carbons (Fsp3) is 0.0588. The fourth-order valence-corrected chi connectivity index (χ4v) is 4.82. The monoisotopic (exact) mass is 584 g/mol. The number of hydrogen-bond donors (Lipinski definition) is 2. The summed E-state index contributed by atoms with van der Waals surface area (Å²) in [5.74, 6) is 3.18. The van der Waals surface area contributed by atoms with Crippen LogP contribution in [0.25, 0.3) is 0 Å². The zero-order valence-corrected chi connectivity index (χ0v) is 23.6. The molecule has 0 aromatic heterocycles. The molecule has 0 atom stereocenters. The number of fused-ring (bicyclic) bond motifs is 4. The molecule has 10 nitrogen and oxygen atoms in total. The molecule has 10 heteroatoms. The summed E-state index contributed by atoms with van der Waals surface area (Å²) in [4.78, 5) is 33.5. The number of anilines is 2. The molecule has 2 aliphatic rings. The Bertz CT molecular complexity index is 2080. The third-order valence-corrected chi connectivity index (χ3v) is 6.65. The van der Waals surface area contributed by atoms with Gasteiger partial charge in [0, 0.05) is 32.0 Å². The second-order valence-corrected chi connectivity index (χ2v) is 10.0. The molecule has 0 bridgehead atoms. The molecule has 2 N–H and O–H groups in total. The molecular formula is C34H24N4O6. The van der Waals surface area contributed by atoms with Crippen LogP contribution < -0.4 is 40.3 Å². The van der Waals surface area contributed by atoms with Gasteiger partial charge in [-0.2, -0.15) is 0 Å². The molecule has 7 rings (SSSR count). The van der Waals surface area contributed by atoms with Crippen molar-refractivity contribution in [3.63, 3.8) is 0 Å². The van der Waals surface area contributed by atoms with Gasteiger partial charge in [0.15, 0.2) is 28.4 Å². The molecule has 216 valence electrons. The third kappa shape index (κ3) is 5.27. The van der Waals surface area contributed by atoms with Crippen molar-refractivity contribution in [1.82, 2.24) is 0 Å². The van der Waals surface area contributed by atoms with Crippen LogP contribution >= 0.6 is 0 Å². The molecule has 2 aliphatic heterocycles. The third-order valence-electron chi connectivity index (χ3n) is 6.65. The van der Waals surface area contributed by atoms with Crippen molar-refractivity contribution in [3.8, 4) is 46.0 Å². The largest absolute Gasteiger partial charge is 0.457 e. The molecule has 2 heterocycles. The first kappa shape index (κ1) is 26.7. The Morgan fingerprint density at radius 3 is 1.93 bits per heavy atom. The number of carbonyl (C=O) groups is 2. The van der Waals surface area contributed by atoms with Gasteiger partial charge in [0.2, 0.25) is 17.6 Å². The van der Waals surface area contributed by atoms with Gasteiger partial charge in [-0.1, -0.05) is 36.4 Å². The Hall–Kier alpha value is -6.16. The number of para-hydroxylation sites is 2. The minimum atomic E-state index is -0.304. The van der Waals surface area contributed by atoms with Crippen molar-refractivity contribution in [2.75, 3.05) is 10.6 Å². The first-order chi connectivity index (χ1) is 21.4. The smallest absolute Gasteiger partial charge is 0.221 e. The Kier molecular flexibility index (Phi) is 6.63. The Balaban J connectivity index is 1.38. The zero-order chi connectivity index (χ0) is 30.2. The first-order valence-corrected chi connectivity index (χ1v) is 13.7. The average molecular weight is 585 g/mol. The van der Waals surface area contributed by atoms with E-state index in [1.54, 1.807) is 30.3 Å². The van der Waals surface area contributed by atoms with Gasteiger partial charge >= 0.3 is 0 Å². The minimum absolute atomic E-state index is 0.303. The van der Waals surface area contributed by atoms with Crippen LogP contribution in [0.4, 0.5) is 22.7 Å². The predicted octanol–water partition coefficient (Wildman–Crippen LogP) is 7.30. The number of hydrogen-bond acceptors (Lipinski definition) is 8.